The molecule has 10 heavy (non-hydrogen) atoms. The zero-order valence-electron chi connectivity index (χ0n) is 5.20. The van der Waals surface area contributed by atoms with Gasteiger partial charge in [0.2, 0.25) is 0 Å². The van der Waals surface area contributed by atoms with Gasteiger partial charge in [0, 0.05) is 0 Å². The Labute approximate surface area is 82.7 Å². The Bertz CT molecular complexity index is 87.1. The minimum atomic E-state index is -1.04. The first-order chi connectivity index (χ1) is 4.22. The van der Waals surface area contributed by atoms with Crippen LogP contribution in [0.3, 0.4) is 0 Å². The van der Waals surface area contributed by atoms with Crippen LogP contribution >= 0.6 is 0 Å². The van der Waals surface area contributed by atoms with Crippen molar-refractivity contribution in [3.63, 3.8) is 0 Å². The van der Waals surface area contributed by atoms with E-state index in [1.807, 2.05) is 0 Å². The van der Waals surface area contributed by atoms with Gasteiger partial charge in [-0.05, 0) is 6.42 Å². The Morgan fingerprint density at radius 2 is 1.80 bits per heavy atom. The van der Waals surface area contributed by atoms with Crippen molar-refractivity contribution >= 4 is 29.6 Å². The van der Waals surface area contributed by atoms with E-state index in [9.17, 15) is 0 Å². The minimum absolute atomic E-state index is 0. The molecule has 56 valence electrons. The van der Waals surface area contributed by atoms with Gasteiger partial charge in [0.15, 0.2) is 0 Å². The number of hydrogen-bond acceptors (Lipinski definition) is 3. The SMILES string of the molecule is C=CCC(O)C(O)CO.[NaH]. The van der Waals surface area contributed by atoms with Crippen LogP contribution < -0.4 is 0 Å². The van der Waals surface area contributed by atoms with E-state index in [1.54, 1.807) is 0 Å². The molecule has 0 saturated heterocycles. The molecule has 0 radical (unpaired) electrons. The second kappa shape index (κ2) is 7.72. The number of aliphatic hydroxyl groups excluding tert-OH is 3. The van der Waals surface area contributed by atoms with Crippen molar-refractivity contribution in [1.29, 1.82) is 0 Å². The fraction of sp³-hybridized carbons (Fsp3) is 0.667. The van der Waals surface area contributed by atoms with E-state index >= 15 is 0 Å². The Hall–Kier alpha value is 0.620. The molecule has 3 nitrogen and oxygen atoms in total. The van der Waals surface area contributed by atoms with Crippen molar-refractivity contribution in [3.8, 4) is 0 Å². The second-order valence-corrected chi connectivity index (χ2v) is 1.84. The molecule has 2 atom stereocenters. The number of hydrogen-bond donors (Lipinski definition) is 3. The Morgan fingerprint density at radius 3 is 2.10 bits per heavy atom. The molecule has 0 saturated carbocycles. The third-order valence-electron chi connectivity index (χ3n) is 1.04. The summed E-state index contributed by atoms with van der Waals surface area (Å²) in [6.07, 6.45) is -0.124. The van der Waals surface area contributed by atoms with Gasteiger partial charge in [-0.25, -0.2) is 0 Å². The third-order valence-corrected chi connectivity index (χ3v) is 1.04. The summed E-state index contributed by atoms with van der Waals surface area (Å²) in [6.45, 7) is 2.96. The number of aliphatic hydroxyl groups is 3. The van der Waals surface area contributed by atoms with Crippen LogP contribution in [0, 0.1) is 0 Å². The van der Waals surface area contributed by atoms with Gasteiger partial charge in [-0.15, -0.1) is 6.58 Å². The van der Waals surface area contributed by atoms with Crippen molar-refractivity contribution < 1.29 is 15.3 Å². The molecule has 0 aliphatic heterocycles. The normalized spacial score (nSPS) is 15.1. The summed E-state index contributed by atoms with van der Waals surface area (Å²) < 4.78 is 0. The van der Waals surface area contributed by atoms with Gasteiger partial charge in [-0.2, -0.15) is 0 Å². The molecule has 0 aromatic carbocycles. The molecule has 0 aromatic rings. The molecule has 4 heteroatoms. The Balaban J connectivity index is 0. The fourth-order valence-corrected chi connectivity index (χ4v) is 0.450. The van der Waals surface area contributed by atoms with E-state index in [-0.39, 0.29) is 29.6 Å². The summed E-state index contributed by atoms with van der Waals surface area (Å²) >= 11 is 0. The van der Waals surface area contributed by atoms with Crippen LogP contribution in [-0.4, -0.2) is 63.7 Å². The first kappa shape index (κ1) is 13.2. The average Bonchev–Trinajstić information content (AvgIpc) is 1.87. The zero-order chi connectivity index (χ0) is 7.28. The molecule has 0 aliphatic carbocycles. The van der Waals surface area contributed by atoms with Gasteiger partial charge in [-0.1, -0.05) is 6.08 Å². The van der Waals surface area contributed by atoms with Crippen LogP contribution in [0.5, 0.6) is 0 Å². The van der Waals surface area contributed by atoms with Crippen LogP contribution in [0.1, 0.15) is 6.42 Å². The van der Waals surface area contributed by atoms with Crippen LogP contribution in [0.15, 0.2) is 12.7 Å². The molecular weight excluding hydrogens is 143 g/mol. The Morgan fingerprint density at radius 1 is 1.30 bits per heavy atom. The van der Waals surface area contributed by atoms with E-state index in [2.05, 4.69) is 6.58 Å². The van der Waals surface area contributed by atoms with Gasteiger partial charge < -0.3 is 15.3 Å². The molecule has 3 N–H and O–H groups in total. The summed E-state index contributed by atoms with van der Waals surface area (Å²) in [6, 6.07) is 0. The molecule has 0 bridgehead atoms. The number of rotatable bonds is 4. The first-order valence-electron chi connectivity index (χ1n) is 2.80. The van der Waals surface area contributed by atoms with Crippen molar-refractivity contribution in [2.75, 3.05) is 6.61 Å². The standard InChI is InChI=1S/C6H12O3.Na.H/c1-2-3-5(8)6(9)4-7;;/h2,5-9H,1,3-4H2;;. The van der Waals surface area contributed by atoms with E-state index in [4.69, 9.17) is 15.3 Å². The van der Waals surface area contributed by atoms with Crippen LogP contribution in [0.2, 0.25) is 0 Å². The molecular formula is C6H13NaO3. The van der Waals surface area contributed by atoms with Crippen molar-refractivity contribution in [3.05, 3.63) is 12.7 Å². The monoisotopic (exact) mass is 156 g/mol. The van der Waals surface area contributed by atoms with E-state index in [1.165, 1.54) is 6.08 Å². The van der Waals surface area contributed by atoms with Crippen molar-refractivity contribution in [1.82, 2.24) is 0 Å². The maximum atomic E-state index is 8.84. The van der Waals surface area contributed by atoms with Gasteiger partial charge in [0.05, 0.1) is 12.7 Å². The van der Waals surface area contributed by atoms with Crippen LogP contribution in [0.4, 0.5) is 0 Å². The van der Waals surface area contributed by atoms with Gasteiger partial charge in [0.1, 0.15) is 6.10 Å². The van der Waals surface area contributed by atoms with Crippen molar-refractivity contribution in [2.24, 2.45) is 0 Å². The van der Waals surface area contributed by atoms with Gasteiger partial charge in [0.25, 0.3) is 0 Å². The predicted octanol–water partition coefficient (Wildman–Crippen LogP) is -1.37. The summed E-state index contributed by atoms with van der Waals surface area (Å²) in [7, 11) is 0. The van der Waals surface area contributed by atoms with Gasteiger partial charge >= 0.3 is 29.6 Å². The molecule has 0 amide bonds. The fourth-order valence-electron chi connectivity index (χ4n) is 0.450. The molecule has 0 aliphatic rings. The predicted molar refractivity (Wildman–Crippen MR) is 41.1 cm³/mol. The quantitative estimate of drug-likeness (QED) is 0.347. The molecule has 2 unspecified atom stereocenters. The van der Waals surface area contributed by atoms with E-state index in [0.29, 0.717) is 6.42 Å². The van der Waals surface area contributed by atoms with Crippen LogP contribution in [0.25, 0.3) is 0 Å². The molecule has 0 spiro atoms. The van der Waals surface area contributed by atoms with E-state index in [0.717, 1.165) is 0 Å². The second-order valence-electron chi connectivity index (χ2n) is 1.84. The van der Waals surface area contributed by atoms with Crippen molar-refractivity contribution in [2.45, 2.75) is 18.6 Å². The average molecular weight is 156 g/mol. The van der Waals surface area contributed by atoms with Gasteiger partial charge in [-0.3, -0.25) is 0 Å². The molecule has 0 heterocycles. The molecule has 0 rings (SSSR count). The summed E-state index contributed by atoms with van der Waals surface area (Å²) in [5.41, 5.74) is 0. The summed E-state index contributed by atoms with van der Waals surface area (Å²) in [5, 5.41) is 25.8. The topological polar surface area (TPSA) is 60.7 Å². The summed E-state index contributed by atoms with van der Waals surface area (Å²) in [5.74, 6) is 0. The van der Waals surface area contributed by atoms with Crippen LogP contribution in [-0.2, 0) is 0 Å². The zero-order valence-corrected chi connectivity index (χ0v) is 5.20. The first-order valence-corrected chi connectivity index (χ1v) is 2.80. The summed E-state index contributed by atoms with van der Waals surface area (Å²) in [4.78, 5) is 0. The Kier molecular flexibility index (Phi) is 10.2. The van der Waals surface area contributed by atoms with E-state index < -0.39 is 18.8 Å². The molecule has 0 aromatic heterocycles. The third kappa shape index (κ3) is 5.41. The maximum absolute atomic E-state index is 8.84. The molecule has 0 fully saturated rings.